The highest BCUT2D eigenvalue weighted by Gasteiger charge is 2.29. The number of fused-ring (bicyclic) bond motifs is 1. The Kier molecular flexibility index (Phi) is 3.14. The second-order valence-corrected chi connectivity index (χ2v) is 4.84. The summed E-state index contributed by atoms with van der Waals surface area (Å²) < 4.78 is 5.36. The van der Waals surface area contributed by atoms with Gasteiger partial charge in [-0.3, -0.25) is 4.79 Å². The maximum atomic E-state index is 11.5. The largest absolute Gasteiger partial charge is 0.394 e. The van der Waals surface area contributed by atoms with Crippen molar-refractivity contribution in [3.63, 3.8) is 0 Å². The Bertz CT molecular complexity index is 506. The Labute approximate surface area is 111 Å². The van der Waals surface area contributed by atoms with Crippen molar-refractivity contribution in [2.24, 2.45) is 5.73 Å². The summed E-state index contributed by atoms with van der Waals surface area (Å²) in [7, 11) is 0. The van der Waals surface area contributed by atoms with E-state index >= 15 is 0 Å². The summed E-state index contributed by atoms with van der Waals surface area (Å²) in [4.78, 5) is 13.6. The highest BCUT2D eigenvalue weighted by atomic mass is 16.5. The van der Waals surface area contributed by atoms with Gasteiger partial charge in [0.25, 0.3) is 0 Å². The van der Waals surface area contributed by atoms with Gasteiger partial charge in [-0.05, 0) is 12.1 Å². The van der Waals surface area contributed by atoms with E-state index < -0.39 is 6.04 Å². The first-order valence-corrected chi connectivity index (χ1v) is 6.36. The Morgan fingerprint density at radius 1 is 1.53 bits per heavy atom. The van der Waals surface area contributed by atoms with E-state index in [-0.39, 0.29) is 18.6 Å². The fourth-order valence-corrected chi connectivity index (χ4v) is 2.60. The van der Waals surface area contributed by atoms with Crippen molar-refractivity contribution in [1.82, 2.24) is 0 Å². The molecular formula is C13H17N3O3. The fourth-order valence-electron chi connectivity index (χ4n) is 2.60. The lowest BCUT2D eigenvalue weighted by Crippen LogP contribution is -2.47. The number of hydrogen-bond donors (Lipinski definition) is 3. The molecule has 1 fully saturated rings. The molecule has 0 aliphatic carbocycles. The first kappa shape index (κ1) is 12.4. The highest BCUT2D eigenvalue weighted by Crippen LogP contribution is 2.33. The van der Waals surface area contributed by atoms with Crippen LogP contribution in [0.2, 0.25) is 0 Å². The van der Waals surface area contributed by atoms with Gasteiger partial charge >= 0.3 is 0 Å². The van der Waals surface area contributed by atoms with Crippen molar-refractivity contribution in [1.29, 1.82) is 0 Å². The molecule has 0 bridgehead atoms. The number of hydrogen-bond acceptors (Lipinski definition) is 5. The van der Waals surface area contributed by atoms with E-state index in [9.17, 15) is 9.90 Å². The zero-order chi connectivity index (χ0) is 13.4. The van der Waals surface area contributed by atoms with Crippen LogP contribution in [0.15, 0.2) is 18.2 Å². The van der Waals surface area contributed by atoms with E-state index in [2.05, 4.69) is 10.2 Å². The number of benzene rings is 1. The molecule has 6 heteroatoms. The van der Waals surface area contributed by atoms with Crippen LogP contribution in [0.4, 0.5) is 11.4 Å². The normalized spacial score (nSPS) is 26.2. The zero-order valence-corrected chi connectivity index (χ0v) is 10.5. The molecule has 6 nitrogen and oxygen atoms in total. The molecule has 19 heavy (non-hydrogen) atoms. The third-order valence-electron chi connectivity index (χ3n) is 3.68. The molecular weight excluding hydrogens is 246 g/mol. The van der Waals surface area contributed by atoms with Crippen molar-refractivity contribution in [2.75, 3.05) is 36.6 Å². The number of anilines is 2. The van der Waals surface area contributed by atoms with E-state index in [1.165, 1.54) is 0 Å². The van der Waals surface area contributed by atoms with Crippen LogP contribution in [0.25, 0.3) is 0 Å². The molecule has 0 aromatic heterocycles. The number of amides is 1. The predicted octanol–water partition coefficient (Wildman–Crippen LogP) is -0.164. The second kappa shape index (κ2) is 4.80. The van der Waals surface area contributed by atoms with Gasteiger partial charge in [-0.15, -0.1) is 0 Å². The van der Waals surface area contributed by atoms with Crippen LogP contribution in [0.5, 0.6) is 0 Å². The molecule has 4 N–H and O–H groups in total. The van der Waals surface area contributed by atoms with E-state index in [1.54, 1.807) is 0 Å². The van der Waals surface area contributed by atoms with Crippen molar-refractivity contribution in [3.05, 3.63) is 23.8 Å². The molecule has 1 saturated heterocycles. The zero-order valence-electron chi connectivity index (χ0n) is 10.5. The molecule has 2 heterocycles. The van der Waals surface area contributed by atoms with Gasteiger partial charge in [0.05, 0.1) is 25.9 Å². The van der Waals surface area contributed by atoms with Gasteiger partial charge in [-0.1, -0.05) is 6.07 Å². The van der Waals surface area contributed by atoms with Crippen LogP contribution in [0, 0.1) is 0 Å². The number of ether oxygens (including phenoxy) is 1. The second-order valence-electron chi connectivity index (χ2n) is 4.84. The monoisotopic (exact) mass is 263 g/mol. The van der Waals surface area contributed by atoms with Gasteiger partial charge in [0.15, 0.2) is 0 Å². The number of carbonyl (C=O) groups excluding carboxylic acids is 1. The number of aliphatic hydroxyl groups excluding tert-OH is 1. The van der Waals surface area contributed by atoms with Crippen LogP contribution >= 0.6 is 0 Å². The molecule has 1 amide bonds. The fraction of sp³-hybridized carbons (Fsp3) is 0.462. The van der Waals surface area contributed by atoms with E-state index in [4.69, 9.17) is 10.5 Å². The summed E-state index contributed by atoms with van der Waals surface area (Å²) in [6, 6.07) is 5.10. The molecule has 2 atom stereocenters. The number of aliphatic hydroxyl groups is 1. The number of nitrogens with zero attached hydrogens (tertiary/aromatic N) is 1. The van der Waals surface area contributed by atoms with Gasteiger partial charge in [0.2, 0.25) is 5.91 Å². The molecule has 2 unspecified atom stereocenters. The van der Waals surface area contributed by atoms with Gasteiger partial charge in [0, 0.05) is 23.5 Å². The third-order valence-corrected chi connectivity index (χ3v) is 3.68. The number of carbonyl (C=O) groups is 1. The molecule has 1 aromatic rings. The van der Waals surface area contributed by atoms with Crippen molar-refractivity contribution >= 4 is 17.3 Å². The average Bonchev–Trinajstić information content (AvgIpc) is 2.73. The summed E-state index contributed by atoms with van der Waals surface area (Å²) in [6.45, 7) is 1.92. The van der Waals surface area contributed by atoms with Crippen LogP contribution in [-0.2, 0) is 9.53 Å². The van der Waals surface area contributed by atoms with Crippen molar-refractivity contribution in [2.45, 2.75) is 12.1 Å². The molecule has 0 spiro atoms. The topological polar surface area (TPSA) is 87.8 Å². The van der Waals surface area contributed by atoms with Crippen LogP contribution in [-0.4, -0.2) is 43.4 Å². The smallest absolute Gasteiger partial charge is 0.245 e. The quantitative estimate of drug-likeness (QED) is 0.690. The first-order chi connectivity index (χ1) is 9.20. The van der Waals surface area contributed by atoms with Crippen LogP contribution < -0.4 is 16.0 Å². The molecule has 3 rings (SSSR count). The number of nitrogens with two attached hydrogens (primary N) is 1. The Morgan fingerprint density at radius 3 is 3.16 bits per heavy atom. The minimum absolute atomic E-state index is 0.0439. The van der Waals surface area contributed by atoms with E-state index in [0.29, 0.717) is 13.2 Å². The molecule has 102 valence electrons. The SMILES string of the molecule is NC1C(=O)Nc2cc(N3CCOCC3CO)ccc21. The Balaban J connectivity index is 1.90. The number of morpholine rings is 1. The van der Waals surface area contributed by atoms with Gasteiger partial charge < -0.3 is 25.8 Å². The minimum atomic E-state index is -0.581. The molecule has 0 saturated carbocycles. The van der Waals surface area contributed by atoms with Crippen molar-refractivity contribution in [3.8, 4) is 0 Å². The van der Waals surface area contributed by atoms with Crippen LogP contribution in [0.1, 0.15) is 11.6 Å². The third kappa shape index (κ3) is 2.07. The first-order valence-electron chi connectivity index (χ1n) is 6.36. The summed E-state index contributed by atoms with van der Waals surface area (Å²) in [6.07, 6.45) is 0. The summed E-state index contributed by atoms with van der Waals surface area (Å²) in [5, 5.41) is 12.2. The molecule has 2 aliphatic rings. The van der Waals surface area contributed by atoms with Gasteiger partial charge in [0.1, 0.15) is 6.04 Å². The Hall–Kier alpha value is -1.63. The minimum Gasteiger partial charge on any atom is -0.394 e. The molecule has 0 radical (unpaired) electrons. The van der Waals surface area contributed by atoms with E-state index in [0.717, 1.165) is 23.5 Å². The lowest BCUT2D eigenvalue weighted by Gasteiger charge is -2.36. The standard InChI is InChI=1S/C13H17N3O3/c14-12-10-2-1-8(5-11(10)15-13(12)18)16-3-4-19-7-9(16)6-17/h1-2,5,9,12,17H,3-4,6-7,14H2,(H,15,18). The van der Waals surface area contributed by atoms with E-state index in [1.807, 2.05) is 18.2 Å². The van der Waals surface area contributed by atoms with Crippen LogP contribution in [0.3, 0.4) is 0 Å². The van der Waals surface area contributed by atoms with Gasteiger partial charge in [-0.2, -0.15) is 0 Å². The summed E-state index contributed by atoms with van der Waals surface area (Å²) >= 11 is 0. The lowest BCUT2D eigenvalue weighted by molar-refractivity contribution is -0.116. The summed E-state index contributed by atoms with van der Waals surface area (Å²) in [5.41, 5.74) is 8.34. The molecule has 1 aromatic carbocycles. The summed E-state index contributed by atoms with van der Waals surface area (Å²) in [5.74, 6) is -0.173. The lowest BCUT2D eigenvalue weighted by atomic mass is 10.1. The maximum absolute atomic E-state index is 11.5. The average molecular weight is 263 g/mol. The van der Waals surface area contributed by atoms with Gasteiger partial charge in [-0.25, -0.2) is 0 Å². The number of nitrogens with one attached hydrogen (secondary N) is 1. The number of rotatable bonds is 2. The maximum Gasteiger partial charge on any atom is 0.245 e. The van der Waals surface area contributed by atoms with Crippen molar-refractivity contribution < 1.29 is 14.6 Å². The predicted molar refractivity (Wildman–Crippen MR) is 71.0 cm³/mol. The molecule has 2 aliphatic heterocycles. The Morgan fingerprint density at radius 2 is 2.37 bits per heavy atom. The highest BCUT2D eigenvalue weighted by molar-refractivity contribution is 6.02.